The zero-order valence-electron chi connectivity index (χ0n) is 28.8. The van der Waals surface area contributed by atoms with Crippen LogP contribution in [-0.2, 0) is 22.3 Å². The number of amides is 2. The first-order chi connectivity index (χ1) is 24.6. The van der Waals surface area contributed by atoms with Gasteiger partial charge in [-0.15, -0.1) is 0 Å². The van der Waals surface area contributed by atoms with Crippen molar-refractivity contribution in [2.75, 3.05) is 91.9 Å². The second-order valence-corrected chi connectivity index (χ2v) is 13.3. The summed E-state index contributed by atoms with van der Waals surface area (Å²) in [6.07, 6.45) is 5.52. The Bertz CT molecular complexity index is 1740. The van der Waals surface area contributed by atoms with E-state index >= 15 is 0 Å². The number of aromatic nitrogens is 2. The molecule has 0 bridgehead atoms. The minimum absolute atomic E-state index is 0.105. The van der Waals surface area contributed by atoms with Gasteiger partial charge in [0, 0.05) is 99.6 Å². The van der Waals surface area contributed by atoms with Gasteiger partial charge in [-0.3, -0.25) is 19.4 Å². The molecule has 2 amide bonds. The topological polar surface area (TPSA) is 97.1 Å². The monoisotopic (exact) mass is 676 g/mol. The number of nitrogens with zero attached hydrogens (tertiary/aromatic N) is 4. The molecule has 3 aromatic carbocycles. The molecule has 5 aromatic rings. The number of carbonyl (C=O) groups excluding carboxylic acids is 2. The number of hydrogen-bond acceptors (Lipinski definition) is 6. The minimum Gasteiger partial charge on any atom is -0.379 e. The van der Waals surface area contributed by atoms with Crippen molar-refractivity contribution in [1.82, 2.24) is 29.6 Å². The van der Waals surface area contributed by atoms with Crippen molar-refractivity contribution in [2.45, 2.75) is 12.8 Å². The van der Waals surface area contributed by atoms with Crippen molar-refractivity contribution < 1.29 is 19.1 Å². The van der Waals surface area contributed by atoms with Gasteiger partial charge in [0.05, 0.1) is 37.6 Å². The van der Waals surface area contributed by atoms with E-state index in [1.165, 1.54) is 21.9 Å². The fraction of sp³-hybridized carbons (Fsp3) is 0.400. The van der Waals surface area contributed by atoms with Crippen LogP contribution in [0.3, 0.4) is 0 Å². The molecule has 0 aliphatic carbocycles. The molecule has 10 heteroatoms. The van der Waals surface area contributed by atoms with Crippen molar-refractivity contribution in [2.24, 2.45) is 0 Å². The molecule has 0 radical (unpaired) electrons. The fourth-order valence-corrected chi connectivity index (χ4v) is 7.19. The Hall–Kier alpha value is -4.48. The lowest BCUT2D eigenvalue weighted by molar-refractivity contribution is 0.0319. The van der Waals surface area contributed by atoms with E-state index in [-0.39, 0.29) is 11.8 Å². The van der Waals surface area contributed by atoms with Crippen LogP contribution in [0.2, 0.25) is 0 Å². The molecule has 50 heavy (non-hydrogen) atoms. The normalized spacial score (nSPS) is 15.8. The van der Waals surface area contributed by atoms with Crippen molar-refractivity contribution in [3.63, 3.8) is 0 Å². The summed E-state index contributed by atoms with van der Waals surface area (Å²) in [5.41, 5.74) is 5.47. The van der Waals surface area contributed by atoms with Gasteiger partial charge in [0.1, 0.15) is 0 Å². The maximum Gasteiger partial charge on any atom is 0.254 e. The number of morpholine rings is 2. The quantitative estimate of drug-likeness (QED) is 0.177. The van der Waals surface area contributed by atoms with Crippen LogP contribution in [0.15, 0.2) is 85.2 Å². The van der Waals surface area contributed by atoms with E-state index in [0.717, 1.165) is 50.3 Å². The third-order valence-electron chi connectivity index (χ3n) is 10.2. The van der Waals surface area contributed by atoms with Crippen LogP contribution in [0.25, 0.3) is 21.8 Å². The molecule has 2 N–H and O–H groups in total. The molecule has 2 aliphatic rings. The SMILES string of the molecule is O=C(c1ccccc1C(=O)N(CCc1c[nH]c2ccccc12)CCN1CCOCC1)N(CCc1c[nH]c2ccccc12)CCN1CCOCC1. The molecule has 2 fully saturated rings. The van der Waals surface area contributed by atoms with E-state index in [4.69, 9.17) is 9.47 Å². The van der Waals surface area contributed by atoms with Gasteiger partial charge in [-0.1, -0.05) is 48.5 Å². The number of ether oxygens (including phenoxy) is 2. The highest BCUT2D eigenvalue weighted by Gasteiger charge is 2.26. The van der Waals surface area contributed by atoms with Crippen LogP contribution >= 0.6 is 0 Å². The van der Waals surface area contributed by atoms with E-state index in [1.807, 2.05) is 70.7 Å². The molecule has 2 aromatic heterocycles. The Labute approximate surface area is 293 Å². The van der Waals surface area contributed by atoms with E-state index in [2.05, 4.69) is 44.0 Å². The lowest BCUT2D eigenvalue weighted by Gasteiger charge is -2.31. The van der Waals surface area contributed by atoms with Crippen molar-refractivity contribution in [1.29, 1.82) is 0 Å². The number of aromatic amines is 2. The van der Waals surface area contributed by atoms with Gasteiger partial charge < -0.3 is 29.2 Å². The molecule has 0 spiro atoms. The minimum atomic E-state index is -0.105. The average molecular weight is 677 g/mol. The number of benzene rings is 3. The van der Waals surface area contributed by atoms with Gasteiger partial charge in [0.15, 0.2) is 0 Å². The van der Waals surface area contributed by atoms with Gasteiger partial charge >= 0.3 is 0 Å². The Kier molecular flexibility index (Phi) is 11.2. The van der Waals surface area contributed by atoms with Crippen molar-refractivity contribution >= 4 is 33.6 Å². The van der Waals surface area contributed by atoms with Crippen LogP contribution in [0.4, 0.5) is 0 Å². The highest BCUT2D eigenvalue weighted by Crippen LogP contribution is 2.22. The van der Waals surface area contributed by atoms with Gasteiger partial charge in [-0.05, 0) is 48.2 Å². The van der Waals surface area contributed by atoms with Gasteiger partial charge in [0.25, 0.3) is 11.8 Å². The second-order valence-electron chi connectivity index (χ2n) is 13.3. The summed E-state index contributed by atoms with van der Waals surface area (Å²) in [6, 6.07) is 23.9. The molecular weight excluding hydrogens is 628 g/mol. The Morgan fingerprint density at radius 2 is 0.960 bits per heavy atom. The predicted octanol–water partition coefficient (Wildman–Crippen LogP) is 4.68. The average Bonchev–Trinajstić information content (AvgIpc) is 3.79. The molecule has 2 saturated heterocycles. The summed E-state index contributed by atoms with van der Waals surface area (Å²) in [6.45, 7) is 10.0. The standard InChI is InChI=1S/C40H48N6O4/c47-39(45(19-17-43-21-25-49-26-22-43)15-13-31-29-41-37-11-5-3-7-33(31)37)35-9-1-2-10-36(35)40(48)46(20-18-44-23-27-50-28-24-44)16-14-32-30-42-38-12-6-4-8-34(32)38/h1-12,29-30,41-42H,13-28H2. The summed E-state index contributed by atoms with van der Waals surface area (Å²) in [4.78, 5) is 44.4. The smallest absolute Gasteiger partial charge is 0.254 e. The molecule has 7 rings (SSSR count). The van der Waals surface area contributed by atoms with Crippen LogP contribution in [-0.4, -0.2) is 133 Å². The number of H-pyrrole nitrogens is 2. The lowest BCUT2D eigenvalue weighted by Crippen LogP contribution is -2.45. The summed E-state index contributed by atoms with van der Waals surface area (Å²) in [5, 5.41) is 2.35. The van der Waals surface area contributed by atoms with E-state index < -0.39 is 0 Å². The summed E-state index contributed by atoms with van der Waals surface area (Å²) < 4.78 is 11.1. The fourth-order valence-electron chi connectivity index (χ4n) is 7.19. The molecule has 262 valence electrons. The Morgan fingerprint density at radius 3 is 1.40 bits per heavy atom. The van der Waals surface area contributed by atoms with Gasteiger partial charge in [-0.25, -0.2) is 0 Å². The van der Waals surface area contributed by atoms with E-state index in [0.29, 0.717) is 76.6 Å². The molecule has 0 unspecified atom stereocenters. The van der Waals surface area contributed by atoms with Crippen molar-refractivity contribution in [3.05, 3.63) is 107 Å². The largest absolute Gasteiger partial charge is 0.379 e. The number of rotatable bonds is 14. The second kappa shape index (κ2) is 16.5. The maximum absolute atomic E-state index is 14.6. The Morgan fingerprint density at radius 1 is 0.560 bits per heavy atom. The highest BCUT2D eigenvalue weighted by molar-refractivity contribution is 6.07. The predicted molar refractivity (Wildman–Crippen MR) is 197 cm³/mol. The van der Waals surface area contributed by atoms with Gasteiger partial charge in [-0.2, -0.15) is 0 Å². The van der Waals surface area contributed by atoms with E-state index in [1.54, 1.807) is 0 Å². The van der Waals surface area contributed by atoms with Crippen LogP contribution in [0.5, 0.6) is 0 Å². The molecular formula is C40H48N6O4. The van der Waals surface area contributed by atoms with Crippen LogP contribution < -0.4 is 0 Å². The zero-order chi connectivity index (χ0) is 34.1. The van der Waals surface area contributed by atoms with Crippen LogP contribution in [0, 0.1) is 0 Å². The lowest BCUT2D eigenvalue weighted by atomic mass is 10.0. The third-order valence-corrected chi connectivity index (χ3v) is 10.2. The van der Waals surface area contributed by atoms with Crippen molar-refractivity contribution in [3.8, 4) is 0 Å². The van der Waals surface area contributed by atoms with Gasteiger partial charge in [0.2, 0.25) is 0 Å². The van der Waals surface area contributed by atoms with E-state index in [9.17, 15) is 9.59 Å². The number of hydrogen-bond donors (Lipinski definition) is 2. The highest BCUT2D eigenvalue weighted by atomic mass is 16.5. The molecule has 0 atom stereocenters. The number of fused-ring (bicyclic) bond motifs is 2. The summed E-state index contributed by atoms with van der Waals surface area (Å²) in [7, 11) is 0. The summed E-state index contributed by atoms with van der Waals surface area (Å²) in [5.74, 6) is -0.210. The maximum atomic E-state index is 14.6. The molecule has 0 saturated carbocycles. The first kappa shape index (κ1) is 34.0. The Balaban J connectivity index is 1.12. The first-order valence-electron chi connectivity index (χ1n) is 18.0. The first-order valence-corrected chi connectivity index (χ1v) is 18.0. The molecule has 10 nitrogen and oxygen atoms in total. The number of para-hydroxylation sites is 2. The van der Waals surface area contributed by atoms with Crippen LogP contribution in [0.1, 0.15) is 31.8 Å². The zero-order valence-corrected chi connectivity index (χ0v) is 28.8. The number of nitrogens with one attached hydrogen (secondary N) is 2. The third kappa shape index (κ3) is 8.11. The number of carbonyl (C=O) groups is 2. The molecule has 2 aliphatic heterocycles. The molecule has 4 heterocycles. The summed E-state index contributed by atoms with van der Waals surface area (Å²) >= 11 is 0.